The lowest BCUT2D eigenvalue weighted by molar-refractivity contribution is 0.0942. The van der Waals surface area contributed by atoms with Crippen molar-refractivity contribution in [3.8, 4) is 5.75 Å². The normalized spacial score (nSPS) is 10.5. The first-order chi connectivity index (χ1) is 12.6. The molecule has 1 N–H and O–H groups in total. The van der Waals surface area contributed by atoms with Crippen molar-refractivity contribution in [1.29, 1.82) is 0 Å². The Morgan fingerprint density at radius 1 is 1.23 bits per heavy atom. The van der Waals surface area contributed by atoms with E-state index in [0.29, 0.717) is 17.2 Å². The van der Waals surface area contributed by atoms with Crippen LogP contribution in [0.3, 0.4) is 0 Å². The molecule has 0 saturated heterocycles. The van der Waals surface area contributed by atoms with E-state index in [1.54, 1.807) is 13.0 Å². The predicted octanol–water partition coefficient (Wildman–Crippen LogP) is 1.55. The van der Waals surface area contributed by atoms with E-state index in [0.717, 1.165) is 0 Å². The Hall–Kier alpha value is -3.42. The highest BCUT2D eigenvalue weighted by Crippen LogP contribution is 2.07. The summed E-state index contributed by atoms with van der Waals surface area (Å²) in [6.45, 7) is 2.49. The highest BCUT2D eigenvalue weighted by atomic mass is 16.5. The third-order valence-corrected chi connectivity index (χ3v) is 3.52. The summed E-state index contributed by atoms with van der Waals surface area (Å²) < 4.78 is 11.7. The number of aromatic nitrogens is 3. The summed E-state index contributed by atoms with van der Waals surface area (Å²) in [5, 5.41) is 10.6. The number of rotatable bonds is 7. The van der Waals surface area contributed by atoms with E-state index in [4.69, 9.17) is 9.26 Å². The van der Waals surface area contributed by atoms with Crippen LogP contribution in [0.15, 0.2) is 57.8 Å². The van der Waals surface area contributed by atoms with Crippen molar-refractivity contribution in [3.63, 3.8) is 0 Å². The molecule has 134 valence electrons. The molecule has 0 aliphatic rings. The van der Waals surface area contributed by atoms with Gasteiger partial charge in [-0.3, -0.25) is 9.59 Å². The number of benzene rings is 1. The minimum absolute atomic E-state index is 0.143. The largest absolute Gasteiger partial charge is 0.492 e. The SMILES string of the molecule is Cc1cc(CNC(=O)c2ccc(=O)n(CCOc3ccccc3)n2)no1. The number of hydrogen-bond acceptors (Lipinski definition) is 6. The van der Waals surface area contributed by atoms with E-state index in [1.807, 2.05) is 30.3 Å². The summed E-state index contributed by atoms with van der Waals surface area (Å²) in [4.78, 5) is 24.1. The highest BCUT2D eigenvalue weighted by Gasteiger charge is 2.11. The van der Waals surface area contributed by atoms with Gasteiger partial charge in [0.1, 0.15) is 29.5 Å². The summed E-state index contributed by atoms with van der Waals surface area (Å²) in [6.07, 6.45) is 0. The van der Waals surface area contributed by atoms with E-state index in [9.17, 15) is 9.59 Å². The van der Waals surface area contributed by atoms with Crippen molar-refractivity contribution in [3.05, 3.63) is 76.0 Å². The molecule has 0 spiro atoms. The van der Waals surface area contributed by atoms with Crippen molar-refractivity contribution in [2.75, 3.05) is 6.61 Å². The number of carbonyl (C=O) groups excluding carboxylic acids is 1. The second-order valence-electron chi connectivity index (χ2n) is 5.55. The van der Waals surface area contributed by atoms with Gasteiger partial charge in [-0.2, -0.15) is 5.10 Å². The maximum atomic E-state index is 12.2. The van der Waals surface area contributed by atoms with E-state index in [-0.39, 0.29) is 30.9 Å². The van der Waals surface area contributed by atoms with Gasteiger partial charge < -0.3 is 14.6 Å². The van der Waals surface area contributed by atoms with Crippen LogP contribution in [0, 0.1) is 6.92 Å². The fourth-order valence-electron chi connectivity index (χ4n) is 2.26. The number of para-hydroxylation sites is 1. The smallest absolute Gasteiger partial charge is 0.272 e. The summed E-state index contributed by atoms with van der Waals surface area (Å²) in [5.74, 6) is 0.972. The molecule has 3 rings (SSSR count). The first-order valence-corrected chi connectivity index (χ1v) is 8.08. The molecule has 0 bridgehead atoms. The first kappa shape index (κ1) is 17.4. The third kappa shape index (κ3) is 4.56. The molecule has 0 unspecified atom stereocenters. The molecule has 0 atom stereocenters. The fourth-order valence-corrected chi connectivity index (χ4v) is 2.26. The molecule has 2 heterocycles. The molecule has 0 aliphatic carbocycles. The number of nitrogens with zero attached hydrogens (tertiary/aromatic N) is 3. The molecule has 0 saturated carbocycles. The maximum absolute atomic E-state index is 12.2. The van der Waals surface area contributed by atoms with E-state index in [1.165, 1.54) is 16.8 Å². The molecule has 1 aromatic carbocycles. The molecule has 0 fully saturated rings. The monoisotopic (exact) mass is 354 g/mol. The Morgan fingerprint density at radius 2 is 2.04 bits per heavy atom. The molecule has 0 radical (unpaired) electrons. The summed E-state index contributed by atoms with van der Waals surface area (Å²) in [6, 6.07) is 13.7. The molecule has 2 aromatic heterocycles. The maximum Gasteiger partial charge on any atom is 0.272 e. The van der Waals surface area contributed by atoms with Crippen LogP contribution in [0.25, 0.3) is 0 Å². The Labute approximate surface area is 149 Å². The van der Waals surface area contributed by atoms with Gasteiger partial charge >= 0.3 is 0 Å². The van der Waals surface area contributed by atoms with Gasteiger partial charge in [-0.25, -0.2) is 4.68 Å². The van der Waals surface area contributed by atoms with Gasteiger partial charge in [0.2, 0.25) is 0 Å². The number of aryl methyl sites for hydroxylation is 1. The Bertz CT molecular complexity index is 934. The van der Waals surface area contributed by atoms with Gasteiger partial charge in [0.15, 0.2) is 0 Å². The Balaban J connectivity index is 1.59. The number of hydrogen-bond donors (Lipinski definition) is 1. The van der Waals surface area contributed by atoms with E-state index >= 15 is 0 Å². The van der Waals surface area contributed by atoms with Crippen LogP contribution >= 0.6 is 0 Å². The zero-order valence-electron chi connectivity index (χ0n) is 14.2. The molecule has 1 amide bonds. The zero-order chi connectivity index (χ0) is 18.4. The van der Waals surface area contributed by atoms with Crippen molar-refractivity contribution < 1.29 is 14.1 Å². The second kappa shape index (κ2) is 8.11. The van der Waals surface area contributed by atoms with Crippen LogP contribution in [-0.4, -0.2) is 27.5 Å². The zero-order valence-corrected chi connectivity index (χ0v) is 14.2. The first-order valence-electron chi connectivity index (χ1n) is 8.08. The van der Waals surface area contributed by atoms with Crippen molar-refractivity contribution in [2.24, 2.45) is 0 Å². The van der Waals surface area contributed by atoms with Gasteiger partial charge in [0.25, 0.3) is 11.5 Å². The topological polar surface area (TPSA) is 99.2 Å². The number of carbonyl (C=O) groups is 1. The standard InChI is InChI=1S/C18H18N4O4/c1-13-11-14(21-26-13)12-19-18(24)16-7-8-17(23)22(20-16)9-10-25-15-5-3-2-4-6-15/h2-8,11H,9-10,12H2,1H3,(H,19,24). The minimum atomic E-state index is -0.400. The highest BCUT2D eigenvalue weighted by molar-refractivity contribution is 5.91. The lowest BCUT2D eigenvalue weighted by Crippen LogP contribution is -2.30. The van der Waals surface area contributed by atoms with Crippen LogP contribution in [0.1, 0.15) is 21.9 Å². The van der Waals surface area contributed by atoms with Crippen LogP contribution in [0.2, 0.25) is 0 Å². The predicted molar refractivity (Wildman–Crippen MR) is 92.8 cm³/mol. The van der Waals surface area contributed by atoms with E-state index < -0.39 is 5.91 Å². The van der Waals surface area contributed by atoms with Gasteiger partial charge in [-0.15, -0.1) is 0 Å². The van der Waals surface area contributed by atoms with Crippen molar-refractivity contribution in [2.45, 2.75) is 20.0 Å². The average Bonchev–Trinajstić information content (AvgIpc) is 3.07. The molecule has 3 aromatic rings. The lowest BCUT2D eigenvalue weighted by atomic mass is 10.3. The third-order valence-electron chi connectivity index (χ3n) is 3.52. The number of ether oxygens (including phenoxy) is 1. The summed E-state index contributed by atoms with van der Waals surface area (Å²) in [5.41, 5.74) is 0.454. The van der Waals surface area contributed by atoms with Gasteiger partial charge in [-0.05, 0) is 25.1 Å². The van der Waals surface area contributed by atoms with Crippen LogP contribution in [0.4, 0.5) is 0 Å². The van der Waals surface area contributed by atoms with Crippen LogP contribution in [0.5, 0.6) is 5.75 Å². The minimum Gasteiger partial charge on any atom is -0.492 e. The molecule has 26 heavy (non-hydrogen) atoms. The second-order valence-corrected chi connectivity index (χ2v) is 5.55. The van der Waals surface area contributed by atoms with E-state index in [2.05, 4.69) is 15.6 Å². The number of amides is 1. The van der Waals surface area contributed by atoms with Crippen LogP contribution in [-0.2, 0) is 13.1 Å². The van der Waals surface area contributed by atoms with Crippen molar-refractivity contribution >= 4 is 5.91 Å². The molecule has 0 aliphatic heterocycles. The molecular weight excluding hydrogens is 336 g/mol. The summed E-state index contributed by atoms with van der Waals surface area (Å²) in [7, 11) is 0. The fraction of sp³-hybridized carbons (Fsp3) is 0.222. The van der Waals surface area contributed by atoms with Gasteiger partial charge in [-0.1, -0.05) is 23.4 Å². The lowest BCUT2D eigenvalue weighted by Gasteiger charge is -2.09. The Morgan fingerprint density at radius 3 is 2.77 bits per heavy atom. The average molecular weight is 354 g/mol. The Kier molecular flexibility index (Phi) is 5.43. The van der Waals surface area contributed by atoms with Crippen molar-refractivity contribution in [1.82, 2.24) is 20.3 Å². The van der Waals surface area contributed by atoms with Crippen LogP contribution < -0.4 is 15.6 Å². The number of nitrogens with one attached hydrogen (secondary N) is 1. The molecule has 8 heteroatoms. The molecule has 8 nitrogen and oxygen atoms in total. The quantitative estimate of drug-likeness (QED) is 0.691. The van der Waals surface area contributed by atoms with Gasteiger partial charge in [0.05, 0.1) is 13.1 Å². The van der Waals surface area contributed by atoms with Gasteiger partial charge in [0, 0.05) is 12.1 Å². The summed E-state index contributed by atoms with van der Waals surface area (Å²) >= 11 is 0. The molecular formula is C18H18N4O4.